The van der Waals surface area contributed by atoms with Gasteiger partial charge >= 0.3 is 12.1 Å². The minimum Gasteiger partial charge on any atom is -0.542 e. The van der Waals surface area contributed by atoms with Crippen molar-refractivity contribution >= 4 is 11.9 Å². The normalized spacial score (nSPS) is 11.8. The van der Waals surface area contributed by atoms with Crippen LogP contribution < -0.4 is 9.79 Å². The molecule has 0 saturated heterocycles. The van der Waals surface area contributed by atoms with Crippen LogP contribution in [0.5, 0.6) is 0 Å². The van der Waals surface area contributed by atoms with Crippen molar-refractivity contribution in [1.82, 2.24) is 15.1 Å². The Morgan fingerprint density at radius 1 is 1.28 bits per heavy atom. The molecule has 2 rings (SSSR count). The Labute approximate surface area is 138 Å². The lowest BCUT2D eigenvalue weighted by Gasteiger charge is -2.03. The molecule has 12 heteroatoms. The number of carboxylic acid groups (broad SMARTS) is 2. The molecule has 0 amide bonds. The molecule has 25 heavy (non-hydrogen) atoms. The quantitative estimate of drug-likeness (QED) is 0.633. The van der Waals surface area contributed by atoms with Crippen LogP contribution in [-0.2, 0) is 16.1 Å². The molecular formula is C13H11F3N4O5. The maximum Gasteiger partial charge on any atom is 0.430 e. The van der Waals surface area contributed by atoms with Gasteiger partial charge in [-0.05, 0) is 11.2 Å². The molecule has 0 saturated carbocycles. The molecule has 2 N–H and O–H groups in total. The summed E-state index contributed by atoms with van der Waals surface area (Å²) in [7, 11) is 0. The summed E-state index contributed by atoms with van der Waals surface area (Å²) in [5.74, 6) is -3.75. The van der Waals surface area contributed by atoms with Crippen LogP contribution in [0, 0.1) is 0 Å². The van der Waals surface area contributed by atoms with E-state index >= 15 is 0 Å². The van der Waals surface area contributed by atoms with Crippen molar-refractivity contribution in [3.8, 4) is 11.4 Å². The van der Waals surface area contributed by atoms with Crippen molar-refractivity contribution in [2.45, 2.75) is 18.8 Å². The molecule has 0 radical (unpaired) electrons. The Bertz CT molecular complexity index is 710. The van der Waals surface area contributed by atoms with E-state index in [0.29, 0.717) is 5.82 Å². The third kappa shape index (κ3) is 6.87. The lowest BCUT2D eigenvalue weighted by Crippen LogP contribution is -2.45. The van der Waals surface area contributed by atoms with Crippen LogP contribution in [0.25, 0.3) is 11.4 Å². The number of carbonyl (C=O) groups excluding carboxylic acids is 1. The van der Waals surface area contributed by atoms with Gasteiger partial charge in [0.1, 0.15) is 12.2 Å². The number of halogens is 3. The SMILES string of the molecule is O=C(O)C(O)C[n+]1ccc(-c2ncccn2)cn1.O=C([O-])C(F)(F)F. The Kier molecular flexibility index (Phi) is 6.87. The van der Waals surface area contributed by atoms with Crippen LogP contribution in [0.4, 0.5) is 13.2 Å². The molecule has 1 unspecified atom stereocenters. The van der Waals surface area contributed by atoms with Crippen LogP contribution in [0.3, 0.4) is 0 Å². The number of rotatable bonds is 4. The summed E-state index contributed by atoms with van der Waals surface area (Å²) in [6.07, 6.45) is -0.335. The molecule has 2 heterocycles. The first-order valence-electron chi connectivity index (χ1n) is 6.43. The Morgan fingerprint density at radius 3 is 2.24 bits per heavy atom. The van der Waals surface area contributed by atoms with Gasteiger partial charge in [0.15, 0.2) is 12.0 Å². The third-order valence-corrected chi connectivity index (χ3v) is 2.47. The summed E-state index contributed by atoms with van der Waals surface area (Å²) in [6.45, 7) is -0.106. The lowest BCUT2D eigenvalue weighted by molar-refractivity contribution is -0.757. The Hall–Kier alpha value is -3.15. The summed E-state index contributed by atoms with van der Waals surface area (Å²) >= 11 is 0. The molecule has 0 fully saturated rings. The number of carbonyl (C=O) groups is 2. The van der Waals surface area contributed by atoms with E-state index in [0.717, 1.165) is 5.56 Å². The van der Waals surface area contributed by atoms with Crippen LogP contribution in [-0.4, -0.2) is 49.5 Å². The second kappa shape index (κ2) is 8.63. The van der Waals surface area contributed by atoms with Gasteiger partial charge in [0.05, 0.1) is 0 Å². The summed E-state index contributed by atoms with van der Waals surface area (Å²) in [5.41, 5.74) is 0.719. The molecule has 0 bridgehead atoms. The standard InChI is InChI=1S/C11H10N4O3.C2HF3O2/c16-9(11(17)18)7-15-5-2-8(6-14-15)10-12-3-1-4-13-10;3-2(4,5)1(6)7/h1-6,9,16H,7H2;(H,6,7). The molecule has 0 aliphatic carbocycles. The monoisotopic (exact) mass is 360 g/mol. The van der Waals surface area contributed by atoms with E-state index < -0.39 is 24.2 Å². The van der Waals surface area contributed by atoms with Crippen molar-refractivity contribution in [2.75, 3.05) is 0 Å². The fraction of sp³-hybridized carbons (Fsp3) is 0.231. The number of carboxylic acids is 2. The molecule has 1 atom stereocenters. The van der Waals surface area contributed by atoms with E-state index in [1.807, 2.05) is 0 Å². The Morgan fingerprint density at radius 2 is 1.84 bits per heavy atom. The number of aliphatic hydroxyl groups excluding tert-OH is 1. The predicted molar refractivity (Wildman–Crippen MR) is 70.2 cm³/mol. The van der Waals surface area contributed by atoms with E-state index in [9.17, 15) is 23.1 Å². The number of hydrogen-bond donors (Lipinski definition) is 2. The van der Waals surface area contributed by atoms with Gasteiger partial charge in [0, 0.05) is 24.0 Å². The number of aromatic nitrogens is 4. The fourth-order valence-corrected chi connectivity index (χ4v) is 1.33. The molecule has 0 aliphatic heterocycles. The first kappa shape index (κ1) is 19.9. The maximum atomic E-state index is 10.5. The van der Waals surface area contributed by atoms with Crippen LogP contribution in [0.1, 0.15) is 0 Å². The first-order valence-corrected chi connectivity index (χ1v) is 6.43. The molecular weight excluding hydrogens is 349 g/mol. The Balaban J connectivity index is 0.000000381. The number of aliphatic hydroxyl groups is 1. The van der Waals surface area contributed by atoms with Gasteiger partial charge in [-0.1, -0.05) is 4.68 Å². The smallest absolute Gasteiger partial charge is 0.430 e. The van der Waals surface area contributed by atoms with Gasteiger partial charge in [-0.3, -0.25) is 0 Å². The van der Waals surface area contributed by atoms with Crippen molar-refractivity contribution in [2.24, 2.45) is 0 Å². The van der Waals surface area contributed by atoms with Gasteiger partial charge in [0.2, 0.25) is 12.6 Å². The summed E-state index contributed by atoms with van der Waals surface area (Å²) < 4.78 is 32.9. The van der Waals surface area contributed by atoms with Gasteiger partial charge in [0.25, 0.3) is 0 Å². The van der Waals surface area contributed by atoms with Crippen molar-refractivity contribution in [3.05, 3.63) is 36.9 Å². The van der Waals surface area contributed by atoms with Crippen LogP contribution in [0.2, 0.25) is 0 Å². The molecule has 0 spiro atoms. The minimum atomic E-state index is -5.19. The van der Waals surface area contributed by atoms with E-state index in [1.165, 1.54) is 10.9 Å². The average Bonchev–Trinajstić information content (AvgIpc) is 2.56. The molecule has 0 aliphatic rings. The van der Waals surface area contributed by atoms with Crippen molar-refractivity contribution < 1.29 is 42.8 Å². The summed E-state index contributed by atoms with van der Waals surface area (Å²) in [4.78, 5) is 27.4. The van der Waals surface area contributed by atoms with E-state index in [1.54, 1.807) is 30.7 Å². The molecule has 2 aromatic heterocycles. The molecule has 2 aromatic rings. The van der Waals surface area contributed by atoms with Crippen molar-refractivity contribution in [1.29, 1.82) is 0 Å². The second-order valence-corrected chi connectivity index (χ2v) is 4.35. The van der Waals surface area contributed by atoms with Gasteiger partial charge < -0.3 is 20.1 Å². The van der Waals surface area contributed by atoms with Crippen LogP contribution in [0.15, 0.2) is 36.9 Å². The third-order valence-electron chi connectivity index (χ3n) is 2.47. The summed E-state index contributed by atoms with van der Waals surface area (Å²) in [5, 5.41) is 30.5. The largest absolute Gasteiger partial charge is 0.542 e. The lowest BCUT2D eigenvalue weighted by atomic mass is 10.3. The molecule has 0 aromatic carbocycles. The highest BCUT2D eigenvalue weighted by Gasteiger charge is 2.28. The topological polar surface area (TPSA) is 140 Å². The van der Waals surface area contributed by atoms with Gasteiger partial charge in [-0.25, -0.2) is 14.8 Å². The highest BCUT2D eigenvalue weighted by molar-refractivity contribution is 5.71. The van der Waals surface area contributed by atoms with Gasteiger partial charge in [-0.2, -0.15) is 13.2 Å². The number of hydrogen-bond acceptors (Lipinski definition) is 7. The van der Waals surface area contributed by atoms with E-state index in [2.05, 4.69) is 15.1 Å². The zero-order chi connectivity index (χ0) is 19.0. The second-order valence-electron chi connectivity index (χ2n) is 4.35. The number of aliphatic carboxylic acids is 2. The van der Waals surface area contributed by atoms with Crippen molar-refractivity contribution in [3.63, 3.8) is 0 Å². The zero-order valence-electron chi connectivity index (χ0n) is 12.3. The zero-order valence-corrected chi connectivity index (χ0v) is 12.3. The molecule has 9 nitrogen and oxygen atoms in total. The maximum absolute atomic E-state index is 10.5. The van der Waals surface area contributed by atoms with Crippen LogP contribution >= 0.6 is 0 Å². The predicted octanol–water partition coefficient (Wildman–Crippen LogP) is -1.43. The first-order chi connectivity index (χ1) is 11.6. The average molecular weight is 360 g/mol. The fourth-order valence-electron chi connectivity index (χ4n) is 1.33. The summed E-state index contributed by atoms with van der Waals surface area (Å²) in [6, 6.07) is 3.42. The number of nitrogens with zero attached hydrogens (tertiary/aromatic N) is 4. The van der Waals surface area contributed by atoms with E-state index in [4.69, 9.17) is 15.0 Å². The van der Waals surface area contributed by atoms with Gasteiger partial charge in [-0.15, -0.1) is 0 Å². The molecule has 134 valence electrons. The highest BCUT2D eigenvalue weighted by atomic mass is 19.4. The number of alkyl halides is 3. The van der Waals surface area contributed by atoms with E-state index in [-0.39, 0.29) is 6.54 Å². The highest BCUT2D eigenvalue weighted by Crippen LogP contribution is 2.11. The minimum absolute atomic E-state index is 0.106.